The predicted octanol–water partition coefficient (Wildman–Crippen LogP) is 4.23. The Balaban J connectivity index is 1.77. The maximum absolute atomic E-state index is 13.2. The molecule has 18 heavy (non-hydrogen) atoms. The Hall–Kier alpha value is -1.19. The van der Waals surface area contributed by atoms with Crippen LogP contribution in [0.3, 0.4) is 0 Å². The molecule has 2 aromatic rings. The van der Waals surface area contributed by atoms with Crippen molar-refractivity contribution in [2.75, 3.05) is 0 Å². The van der Waals surface area contributed by atoms with Gasteiger partial charge in [0.25, 0.3) is 0 Å². The molecule has 1 N–H and O–H groups in total. The van der Waals surface area contributed by atoms with Crippen molar-refractivity contribution in [3.8, 4) is 0 Å². The first-order valence-corrected chi connectivity index (χ1v) is 7.25. The lowest BCUT2D eigenvalue weighted by Gasteiger charge is -2.19. The predicted molar refractivity (Wildman–Crippen MR) is 73.3 cm³/mol. The van der Waals surface area contributed by atoms with Crippen LogP contribution in [-0.4, -0.2) is 0 Å². The van der Waals surface area contributed by atoms with E-state index in [4.69, 9.17) is 0 Å². The molecular formula is C15H16FNS. The highest BCUT2D eigenvalue weighted by molar-refractivity contribution is 7.07. The van der Waals surface area contributed by atoms with E-state index in [-0.39, 0.29) is 5.82 Å². The lowest BCUT2D eigenvalue weighted by Crippen LogP contribution is -2.22. The quantitative estimate of drug-likeness (QED) is 0.872. The van der Waals surface area contributed by atoms with Gasteiger partial charge in [0, 0.05) is 12.1 Å². The van der Waals surface area contributed by atoms with E-state index < -0.39 is 0 Å². The third-order valence-electron chi connectivity index (χ3n) is 3.68. The number of benzene rings is 1. The molecule has 0 saturated heterocycles. The van der Waals surface area contributed by atoms with Gasteiger partial charge in [-0.1, -0.05) is 6.07 Å². The maximum atomic E-state index is 13.2. The summed E-state index contributed by atoms with van der Waals surface area (Å²) in [5.74, 6) is -0.125. The van der Waals surface area contributed by atoms with Gasteiger partial charge in [0.1, 0.15) is 5.82 Å². The van der Waals surface area contributed by atoms with Gasteiger partial charge in [-0.05, 0) is 65.4 Å². The Kier molecular flexibility index (Phi) is 3.18. The summed E-state index contributed by atoms with van der Waals surface area (Å²) in [6.07, 6.45) is 2.04. The van der Waals surface area contributed by atoms with Gasteiger partial charge >= 0.3 is 0 Å². The van der Waals surface area contributed by atoms with Crippen LogP contribution in [0.1, 0.15) is 42.1 Å². The van der Waals surface area contributed by atoms with Crippen molar-refractivity contribution in [3.63, 3.8) is 0 Å². The van der Waals surface area contributed by atoms with Crippen LogP contribution in [0.2, 0.25) is 0 Å². The largest absolute Gasteiger partial charge is 0.303 e. The summed E-state index contributed by atoms with van der Waals surface area (Å²) in [5, 5.41) is 7.92. The van der Waals surface area contributed by atoms with E-state index in [1.165, 1.54) is 11.1 Å². The summed E-state index contributed by atoms with van der Waals surface area (Å²) in [6, 6.07) is 8.02. The molecule has 1 nitrogen and oxygen atoms in total. The number of rotatable bonds is 3. The van der Waals surface area contributed by atoms with E-state index in [0.29, 0.717) is 12.1 Å². The van der Waals surface area contributed by atoms with Gasteiger partial charge in [-0.25, -0.2) is 4.39 Å². The van der Waals surface area contributed by atoms with Crippen molar-refractivity contribution in [3.05, 3.63) is 57.5 Å². The Morgan fingerprint density at radius 1 is 1.39 bits per heavy atom. The standard InChI is InChI=1S/C15H16FNS/c1-10(12-6-7-18-9-12)17-15-5-2-11-8-13(16)3-4-14(11)15/h3-4,6-10,15,17H,2,5H2,1H3. The molecule has 1 heterocycles. The van der Waals surface area contributed by atoms with Crippen molar-refractivity contribution in [2.45, 2.75) is 31.8 Å². The zero-order valence-corrected chi connectivity index (χ0v) is 11.1. The number of nitrogens with one attached hydrogen (secondary N) is 1. The fourth-order valence-corrected chi connectivity index (χ4v) is 3.43. The molecule has 0 fully saturated rings. The van der Waals surface area contributed by atoms with Crippen molar-refractivity contribution in [1.29, 1.82) is 0 Å². The fraction of sp³-hybridized carbons (Fsp3) is 0.333. The minimum atomic E-state index is -0.125. The van der Waals surface area contributed by atoms with E-state index in [1.54, 1.807) is 23.5 Å². The third-order valence-corrected chi connectivity index (χ3v) is 4.38. The van der Waals surface area contributed by atoms with Gasteiger partial charge in [-0.2, -0.15) is 11.3 Å². The first-order chi connectivity index (χ1) is 8.74. The van der Waals surface area contributed by atoms with Crippen LogP contribution in [-0.2, 0) is 6.42 Å². The molecule has 0 radical (unpaired) electrons. The molecule has 0 spiro atoms. The van der Waals surface area contributed by atoms with Gasteiger partial charge in [0.15, 0.2) is 0 Å². The Morgan fingerprint density at radius 2 is 2.28 bits per heavy atom. The van der Waals surface area contributed by atoms with Crippen molar-refractivity contribution >= 4 is 11.3 Å². The number of aryl methyl sites for hydroxylation is 1. The maximum Gasteiger partial charge on any atom is 0.123 e. The van der Waals surface area contributed by atoms with Crippen LogP contribution >= 0.6 is 11.3 Å². The van der Waals surface area contributed by atoms with Gasteiger partial charge < -0.3 is 5.32 Å². The average Bonchev–Trinajstić information content (AvgIpc) is 2.98. The highest BCUT2D eigenvalue weighted by Gasteiger charge is 2.24. The Morgan fingerprint density at radius 3 is 3.06 bits per heavy atom. The highest BCUT2D eigenvalue weighted by Crippen LogP contribution is 2.33. The van der Waals surface area contributed by atoms with Crippen molar-refractivity contribution in [1.82, 2.24) is 5.32 Å². The molecule has 94 valence electrons. The third kappa shape index (κ3) is 2.20. The van der Waals surface area contributed by atoms with Gasteiger partial charge in [0.05, 0.1) is 0 Å². The van der Waals surface area contributed by atoms with Crippen molar-refractivity contribution in [2.24, 2.45) is 0 Å². The summed E-state index contributed by atoms with van der Waals surface area (Å²) < 4.78 is 13.2. The van der Waals surface area contributed by atoms with Crippen LogP contribution in [0, 0.1) is 5.82 Å². The number of hydrogen-bond donors (Lipinski definition) is 1. The van der Waals surface area contributed by atoms with Crippen molar-refractivity contribution < 1.29 is 4.39 Å². The molecule has 2 atom stereocenters. The summed E-state index contributed by atoms with van der Waals surface area (Å²) in [6.45, 7) is 2.18. The average molecular weight is 261 g/mol. The molecule has 1 aliphatic rings. The SMILES string of the molecule is CC(NC1CCc2cc(F)ccc21)c1ccsc1. The Labute approximate surface area is 111 Å². The van der Waals surface area contributed by atoms with E-state index in [0.717, 1.165) is 18.4 Å². The molecule has 1 aliphatic carbocycles. The number of thiophene rings is 1. The minimum Gasteiger partial charge on any atom is -0.303 e. The first-order valence-electron chi connectivity index (χ1n) is 6.30. The molecule has 3 rings (SSSR count). The first kappa shape index (κ1) is 11.9. The fourth-order valence-electron chi connectivity index (χ4n) is 2.68. The second-order valence-corrected chi connectivity index (χ2v) is 5.66. The molecule has 0 amide bonds. The summed E-state index contributed by atoms with van der Waals surface area (Å²) in [7, 11) is 0. The monoisotopic (exact) mass is 261 g/mol. The van der Waals surface area contributed by atoms with Gasteiger partial charge in [-0.3, -0.25) is 0 Å². The van der Waals surface area contributed by atoms with Gasteiger partial charge in [0.2, 0.25) is 0 Å². The summed E-state index contributed by atoms with van der Waals surface area (Å²) >= 11 is 1.72. The molecule has 0 bridgehead atoms. The van der Waals surface area contributed by atoms with Crippen LogP contribution in [0.25, 0.3) is 0 Å². The number of halogens is 1. The van der Waals surface area contributed by atoms with Crippen LogP contribution in [0.5, 0.6) is 0 Å². The lowest BCUT2D eigenvalue weighted by atomic mass is 10.1. The molecule has 0 saturated carbocycles. The number of fused-ring (bicyclic) bond motifs is 1. The zero-order chi connectivity index (χ0) is 12.5. The molecule has 1 aromatic carbocycles. The number of hydrogen-bond acceptors (Lipinski definition) is 2. The van der Waals surface area contributed by atoms with Crippen LogP contribution in [0.4, 0.5) is 4.39 Å². The zero-order valence-electron chi connectivity index (χ0n) is 10.3. The molecular weight excluding hydrogens is 245 g/mol. The normalized spacial score (nSPS) is 19.8. The second kappa shape index (κ2) is 4.82. The Bertz CT molecular complexity index is 535. The smallest absolute Gasteiger partial charge is 0.123 e. The second-order valence-electron chi connectivity index (χ2n) is 4.88. The van der Waals surface area contributed by atoms with Crippen LogP contribution in [0.15, 0.2) is 35.0 Å². The molecule has 1 aromatic heterocycles. The highest BCUT2D eigenvalue weighted by atomic mass is 32.1. The van der Waals surface area contributed by atoms with Gasteiger partial charge in [-0.15, -0.1) is 0 Å². The summed E-state index contributed by atoms with van der Waals surface area (Å²) in [5.41, 5.74) is 3.75. The minimum absolute atomic E-state index is 0.125. The topological polar surface area (TPSA) is 12.0 Å². The van der Waals surface area contributed by atoms with E-state index in [1.807, 2.05) is 6.07 Å². The lowest BCUT2D eigenvalue weighted by molar-refractivity contribution is 0.465. The van der Waals surface area contributed by atoms with E-state index >= 15 is 0 Å². The van der Waals surface area contributed by atoms with Crippen LogP contribution < -0.4 is 5.32 Å². The molecule has 0 aliphatic heterocycles. The summed E-state index contributed by atoms with van der Waals surface area (Å²) in [4.78, 5) is 0. The molecule has 3 heteroatoms. The van der Waals surface area contributed by atoms with E-state index in [2.05, 4.69) is 29.1 Å². The molecule has 2 unspecified atom stereocenters. The van der Waals surface area contributed by atoms with E-state index in [9.17, 15) is 4.39 Å².